The molecule has 0 fully saturated rings. The van der Waals surface area contributed by atoms with Gasteiger partial charge < -0.3 is 5.73 Å². The summed E-state index contributed by atoms with van der Waals surface area (Å²) in [7, 11) is 0. The zero-order valence-corrected chi connectivity index (χ0v) is 8.06. The summed E-state index contributed by atoms with van der Waals surface area (Å²) in [4.78, 5) is 0. The molecule has 0 heterocycles. The molecule has 0 amide bonds. The highest BCUT2D eigenvalue weighted by Crippen LogP contribution is 2.10. The molecule has 0 saturated carbocycles. The van der Waals surface area contributed by atoms with E-state index in [1.165, 1.54) is 5.57 Å². The maximum Gasteiger partial charge on any atom is 0.00443 e. The minimum atomic E-state index is 0.367. The van der Waals surface area contributed by atoms with Gasteiger partial charge >= 0.3 is 0 Å². The Bertz CT molecular complexity index is 116. The molecule has 0 aromatic carbocycles. The van der Waals surface area contributed by atoms with Gasteiger partial charge in [-0.3, -0.25) is 0 Å². The van der Waals surface area contributed by atoms with Gasteiger partial charge in [-0.15, -0.1) is 6.58 Å². The maximum absolute atomic E-state index is 5.88. The fraction of sp³-hybridized carbons (Fsp3) is 0.800. The molecular weight excluding hydrogens is 134 g/mol. The van der Waals surface area contributed by atoms with Crippen molar-refractivity contribution in [3.8, 4) is 0 Å². The van der Waals surface area contributed by atoms with Gasteiger partial charge in [-0.1, -0.05) is 19.4 Å². The molecule has 1 nitrogen and oxygen atoms in total. The lowest BCUT2D eigenvalue weighted by atomic mass is 9.99. The van der Waals surface area contributed by atoms with Gasteiger partial charge in [0.05, 0.1) is 0 Å². The van der Waals surface area contributed by atoms with E-state index in [4.69, 9.17) is 5.73 Å². The second kappa shape index (κ2) is 5.36. The van der Waals surface area contributed by atoms with Crippen LogP contribution in [0.2, 0.25) is 0 Å². The first-order valence-electron chi connectivity index (χ1n) is 4.42. The predicted octanol–water partition coefficient (Wildman–Crippen LogP) is 2.72. The largest absolute Gasteiger partial charge is 0.328 e. The van der Waals surface area contributed by atoms with Gasteiger partial charge in [-0.25, -0.2) is 0 Å². The molecule has 0 bridgehead atoms. The lowest BCUT2D eigenvalue weighted by Gasteiger charge is -2.13. The molecular formula is C10H21N. The Kier molecular flexibility index (Phi) is 5.22. The van der Waals surface area contributed by atoms with E-state index in [1.54, 1.807) is 0 Å². The van der Waals surface area contributed by atoms with Crippen molar-refractivity contribution < 1.29 is 0 Å². The molecule has 1 unspecified atom stereocenters. The summed E-state index contributed by atoms with van der Waals surface area (Å²) in [5.41, 5.74) is 7.12. The lowest BCUT2D eigenvalue weighted by Crippen LogP contribution is -2.21. The van der Waals surface area contributed by atoms with Gasteiger partial charge in [-0.05, 0) is 32.1 Å². The molecule has 0 aromatic rings. The van der Waals surface area contributed by atoms with Gasteiger partial charge in [-0.2, -0.15) is 0 Å². The Hall–Kier alpha value is -0.300. The summed E-state index contributed by atoms with van der Waals surface area (Å²) < 4.78 is 0. The molecule has 0 saturated heterocycles. The number of hydrogen-bond acceptors (Lipinski definition) is 1. The van der Waals surface area contributed by atoms with Crippen LogP contribution in [0.15, 0.2) is 12.2 Å². The van der Waals surface area contributed by atoms with Crippen molar-refractivity contribution in [3.63, 3.8) is 0 Å². The highest BCUT2D eigenvalue weighted by atomic mass is 14.6. The lowest BCUT2D eigenvalue weighted by molar-refractivity contribution is 0.473. The van der Waals surface area contributed by atoms with Crippen LogP contribution in [-0.4, -0.2) is 6.04 Å². The summed E-state index contributed by atoms with van der Waals surface area (Å²) in [5.74, 6) is 0.718. The Labute approximate surface area is 70.7 Å². The van der Waals surface area contributed by atoms with Crippen LogP contribution >= 0.6 is 0 Å². The molecule has 0 aliphatic heterocycles. The van der Waals surface area contributed by atoms with Crippen molar-refractivity contribution in [2.75, 3.05) is 0 Å². The third-order valence-electron chi connectivity index (χ3n) is 1.72. The van der Waals surface area contributed by atoms with E-state index in [0.29, 0.717) is 6.04 Å². The van der Waals surface area contributed by atoms with Crippen molar-refractivity contribution in [3.05, 3.63) is 12.2 Å². The number of allylic oxidation sites excluding steroid dienone is 1. The summed E-state index contributed by atoms with van der Waals surface area (Å²) in [6, 6.07) is 0.367. The molecule has 0 aliphatic carbocycles. The number of rotatable bonds is 5. The molecule has 0 aromatic heterocycles. The highest BCUT2D eigenvalue weighted by Gasteiger charge is 2.04. The third-order valence-corrected chi connectivity index (χ3v) is 1.72. The monoisotopic (exact) mass is 155 g/mol. The van der Waals surface area contributed by atoms with Crippen molar-refractivity contribution in [1.82, 2.24) is 0 Å². The van der Waals surface area contributed by atoms with Crippen LogP contribution < -0.4 is 5.73 Å². The maximum atomic E-state index is 5.88. The summed E-state index contributed by atoms with van der Waals surface area (Å²) in [6.07, 6.45) is 3.30. The summed E-state index contributed by atoms with van der Waals surface area (Å²) in [6.45, 7) is 10.3. The first kappa shape index (κ1) is 10.7. The van der Waals surface area contributed by atoms with E-state index in [-0.39, 0.29) is 0 Å². The van der Waals surface area contributed by atoms with Crippen LogP contribution in [0.3, 0.4) is 0 Å². The van der Waals surface area contributed by atoms with Gasteiger partial charge in [0, 0.05) is 6.04 Å². The molecule has 11 heavy (non-hydrogen) atoms. The Balaban J connectivity index is 3.37. The zero-order valence-electron chi connectivity index (χ0n) is 8.06. The first-order valence-corrected chi connectivity index (χ1v) is 4.42. The number of nitrogens with two attached hydrogens (primary N) is 1. The van der Waals surface area contributed by atoms with Gasteiger partial charge in [0.1, 0.15) is 0 Å². The van der Waals surface area contributed by atoms with Crippen LogP contribution in [0.5, 0.6) is 0 Å². The third kappa shape index (κ3) is 7.60. The standard InChI is InChI=1S/C10H21N/c1-8(2)5-6-10(11)7-9(3)4/h9-10H,1,5-7,11H2,2-4H3. The van der Waals surface area contributed by atoms with Crippen molar-refractivity contribution in [2.24, 2.45) is 11.7 Å². The molecule has 0 aliphatic rings. The van der Waals surface area contributed by atoms with E-state index in [1.807, 2.05) is 0 Å². The Morgan fingerprint density at radius 1 is 1.45 bits per heavy atom. The Morgan fingerprint density at radius 2 is 2.00 bits per heavy atom. The molecule has 0 radical (unpaired) electrons. The zero-order chi connectivity index (χ0) is 8.85. The molecule has 0 spiro atoms. The van der Waals surface area contributed by atoms with Gasteiger partial charge in [0.2, 0.25) is 0 Å². The van der Waals surface area contributed by atoms with Crippen LogP contribution in [0.25, 0.3) is 0 Å². The molecule has 2 N–H and O–H groups in total. The van der Waals surface area contributed by atoms with E-state index in [9.17, 15) is 0 Å². The van der Waals surface area contributed by atoms with Gasteiger partial charge in [0.25, 0.3) is 0 Å². The second-order valence-corrected chi connectivity index (χ2v) is 3.89. The van der Waals surface area contributed by atoms with E-state index >= 15 is 0 Å². The van der Waals surface area contributed by atoms with Crippen LogP contribution in [-0.2, 0) is 0 Å². The van der Waals surface area contributed by atoms with Crippen LogP contribution in [0, 0.1) is 5.92 Å². The average Bonchev–Trinajstić information content (AvgIpc) is 1.82. The SMILES string of the molecule is C=C(C)CCC(N)CC(C)C. The minimum absolute atomic E-state index is 0.367. The second-order valence-electron chi connectivity index (χ2n) is 3.89. The molecule has 0 rings (SSSR count). The van der Waals surface area contributed by atoms with Crippen LogP contribution in [0.4, 0.5) is 0 Å². The molecule has 1 atom stereocenters. The van der Waals surface area contributed by atoms with Crippen molar-refractivity contribution >= 4 is 0 Å². The summed E-state index contributed by atoms with van der Waals surface area (Å²) >= 11 is 0. The van der Waals surface area contributed by atoms with Crippen molar-refractivity contribution in [1.29, 1.82) is 0 Å². The number of hydrogen-bond donors (Lipinski definition) is 1. The van der Waals surface area contributed by atoms with Crippen LogP contribution in [0.1, 0.15) is 40.0 Å². The first-order chi connectivity index (χ1) is 5.02. The molecule has 1 heteroatoms. The normalized spacial score (nSPS) is 13.5. The quantitative estimate of drug-likeness (QED) is 0.607. The van der Waals surface area contributed by atoms with E-state index in [2.05, 4.69) is 27.4 Å². The highest BCUT2D eigenvalue weighted by molar-refractivity contribution is 4.88. The topological polar surface area (TPSA) is 26.0 Å². The van der Waals surface area contributed by atoms with Gasteiger partial charge in [0.15, 0.2) is 0 Å². The van der Waals surface area contributed by atoms with E-state index < -0.39 is 0 Å². The minimum Gasteiger partial charge on any atom is -0.328 e. The predicted molar refractivity (Wildman–Crippen MR) is 51.5 cm³/mol. The fourth-order valence-corrected chi connectivity index (χ4v) is 1.16. The van der Waals surface area contributed by atoms with Crippen molar-refractivity contribution in [2.45, 2.75) is 46.1 Å². The van der Waals surface area contributed by atoms with E-state index in [0.717, 1.165) is 25.2 Å². The molecule has 66 valence electrons. The Morgan fingerprint density at radius 3 is 2.36 bits per heavy atom. The summed E-state index contributed by atoms with van der Waals surface area (Å²) in [5, 5.41) is 0. The average molecular weight is 155 g/mol. The smallest absolute Gasteiger partial charge is 0.00443 e. The fourth-order valence-electron chi connectivity index (χ4n) is 1.16.